The number of aromatic nitrogens is 3. The number of carbonyl (C=O) groups excluding carboxylic acids is 1. The Morgan fingerprint density at radius 2 is 1.81 bits per heavy atom. The summed E-state index contributed by atoms with van der Waals surface area (Å²) in [6.07, 6.45) is 3.33. The Balaban J connectivity index is 1.18. The molecule has 2 atom stereocenters. The van der Waals surface area contributed by atoms with E-state index in [1.54, 1.807) is 16.6 Å². The smallest absolute Gasteiger partial charge is 0.273 e. The number of hydrogen-bond donors (Lipinski definition) is 0. The molecule has 43 heavy (non-hydrogen) atoms. The first-order valence-corrected chi connectivity index (χ1v) is 16.4. The fraction of sp³-hybridized carbons (Fsp3) is 0.406. The fourth-order valence-electron chi connectivity index (χ4n) is 6.52. The first kappa shape index (κ1) is 28.0. The average molecular weight is 603 g/mol. The van der Waals surface area contributed by atoms with Gasteiger partial charge in [0, 0.05) is 62.7 Å². The Bertz CT molecular complexity index is 1850. The molecule has 4 heterocycles. The summed E-state index contributed by atoms with van der Waals surface area (Å²) < 4.78 is 43.8. The van der Waals surface area contributed by atoms with Crippen LogP contribution in [0.3, 0.4) is 0 Å². The molecule has 1 amide bonds. The van der Waals surface area contributed by atoms with E-state index in [0.717, 1.165) is 25.0 Å². The highest BCUT2D eigenvalue weighted by Crippen LogP contribution is 2.41. The molecule has 3 aliphatic rings. The molecule has 0 radical (unpaired) electrons. The van der Waals surface area contributed by atoms with Crippen LogP contribution in [0.4, 0.5) is 10.1 Å². The number of carbonyl (C=O) groups is 1. The highest BCUT2D eigenvalue weighted by molar-refractivity contribution is 7.89. The van der Waals surface area contributed by atoms with Crippen molar-refractivity contribution in [1.29, 1.82) is 0 Å². The Kier molecular flexibility index (Phi) is 6.77. The lowest BCUT2D eigenvalue weighted by Gasteiger charge is -2.35. The van der Waals surface area contributed by atoms with E-state index in [1.165, 1.54) is 35.6 Å². The summed E-state index contributed by atoms with van der Waals surface area (Å²) in [6.45, 7) is 3.55. The summed E-state index contributed by atoms with van der Waals surface area (Å²) in [5.74, 6) is -0.257. The number of sulfonamides is 1. The van der Waals surface area contributed by atoms with Gasteiger partial charge in [-0.05, 0) is 68.0 Å². The van der Waals surface area contributed by atoms with Crippen molar-refractivity contribution in [2.45, 2.75) is 49.8 Å². The van der Waals surface area contributed by atoms with Crippen LogP contribution in [0.1, 0.15) is 65.5 Å². The summed E-state index contributed by atoms with van der Waals surface area (Å²) in [7, 11) is -0.305. The zero-order valence-electron chi connectivity index (χ0n) is 24.6. The van der Waals surface area contributed by atoms with Crippen LogP contribution in [0.5, 0.6) is 0 Å². The Morgan fingerprint density at radius 1 is 1.02 bits per heavy atom. The van der Waals surface area contributed by atoms with Crippen molar-refractivity contribution in [2.24, 2.45) is 0 Å². The zero-order chi connectivity index (χ0) is 30.0. The Hall–Kier alpha value is -3.83. The topological polar surface area (TPSA) is 91.1 Å². The summed E-state index contributed by atoms with van der Waals surface area (Å²) in [5, 5.41) is 4.23. The van der Waals surface area contributed by atoms with Crippen LogP contribution in [0, 0.1) is 5.82 Å². The molecule has 2 aromatic carbocycles. The average Bonchev–Trinajstić information content (AvgIpc) is 3.54. The molecule has 1 saturated heterocycles. The van der Waals surface area contributed by atoms with Crippen molar-refractivity contribution < 1.29 is 17.6 Å². The molecule has 2 aliphatic heterocycles. The van der Waals surface area contributed by atoms with Crippen molar-refractivity contribution in [3.8, 4) is 11.3 Å². The van der Waals surface area contributed by atoms with E-state index in [4.69, 9.17) is 10.1 Å². The number of hydrogen-bond acceptors (Lipinski definition) is 6. The van der Waals surface area contributed by atoms with E-state index in [1.807, 2.05) is 34.1 Å². The summed E-state index contributed by atoms with van der Waals surface area (Å²) in [5.41, 5.74) is 5.69. The molecule has 2 fully saturated rings. The molecule has 0 spiro atoms. The molecule has 1 aliphatic carbocycles. The molecule has 0 bridgehead atoms. The second-order valence-corrected chi connectivity index (χ2v) is 14.5. The van der Waals surface area contributed by atoms with Gasteiger partial charge in [0.2, 0.25) is 10.0 Å². The van der Waals surface area contributed by atoms with Crippen molar-refractivity contribution >= 4 is 27.3 Å². The number of benzene rings is 2. The van der Waals surface area contributed by atoms with E-state index in [0.29, 0.717) is 54.3 Å². The third-order valence-electron chi connectivity index (χ3n) is 9.19. The normalized spacial score (nSPS) is 20.7. The van der Waals surface area contributed by atoms with Crippen LogP contribution in [0.2, 0.25) is 0 Å². The lowest BCUT2D eigenvalue weighted by Crippen LogP contribution is -2.39. The molecule has 2 aromatic heterocycles. The van der Waals surface area contributed by atoms with Gasteiger partial charge in [-0.2, -0.15) is 5.10 Å². The second kappa shape index (κ2) is 10.4. The van der Waals surface area contributed by atoms with Gasteiger partial charge < -0.3 is 9.80 Å². The Morgan fingerprint density at radius 3 is 2.56 bits per heavy atom. The van der Waals surface area contributed by atoms with Gasteiger partial charge in [-0.15, -0.1) is 0 Å². The molecular weight excluding hydrogens is 567 g/mol. The van der Waals surface area contributed by atoms with Crippen LogP contribution >= 0.6 is 0 Å². The minimum atomic E-state index is -3.38. The van der Waals surface area contributed by atoms with Crippen LogP contribution in [0.25, 0.3) is 16.9 Å². The van der Waals surface area contributed by atoms with Crippen molar-refractivity contribution in [3.63, 3.8) is 0 Å². The summed E-state index contributed by atoms with van der Waals surface area (Å²) in [4.78, 5) is 22.3. The van der Waals surface area contributed by atoms with Gasteiger partial charge >= 0.3 is 0 Å². The van der Waals surface area contributed by atoms with Gasteiger partial charge in [-0.1, -0.05) is 24.3 Å². The third kappa shape index (κ3) is 4.88. The van der Waals surface area contributed by atoms with Gasteiger partial charge in [-0.25, -0.2) is 26.6 Å². The standard InChI is InChI=1S/C32H35FN6O3S/c1-20-25-7-5-4-6-21(25)12-15-38(20)32(40)29-17-30(22-8-9-22)39-31(34-29)18-28(35-39)26-11-10-23(16-27(26)33)37-14-13-24(19-37)43(41,42)36(2)3/h4-7,10-11,16-18,20,22,24H,8-9,12-15,19H2,1-3H3/t20-,24?/m1/s1. The SMILES string of the molecule is C[C@@H]1c2ccccc2CCN1C(=O)c1cc(C2CC2)n2nc(-c3ccc(N4CCC(S(=O)(=O)N(C)C)C4)cc3F)cc2n1. The predicted molar refractivity (Wildman–Crippen MR) is 163 cm³/mol. The van der Waals surface area contributed by atoms with Crippen molar-refractivity contribution in [2.75, 3.05) is 38.6 Å². The third-order valence-corrected chi connectivity index (χ3v) is 11.4. The molecule has 1 unspecified atom stereocenters. The molecule has 0 N–H and O–H groups in total. The monoisotopic (exact) mass is 602 g/mol. The van der Waals surface area contributed by atoms with E-state index in [2.05, 4.69) is 19.1 Å². The second-order valence-electron chi connectivity index (χ2n) is 12.1. The first-order chi connectivity index (χ1) is 20.6. The van der Waals surface area contributed by atoms with Gasteiger partial charge in [0.15, 0.2) is 5.65 Å². The van der Waals surface area contributed by atoms with Crippen LogP contribution in [-0.4, -0.2) is 77.1 Å². The van der Waals surface area contributed by atoms with Crippen molar-refractivity contribution in [3.05, 3.63) is 82.9 Å². The molecule has 224 valence electrons. The first-order valence-electron chi connectivity index (χ1n) is 14.9. The molecule has 1 saturated carbocycles. The lowest BCUT2D eigenvalue weighted by molar-refractivity contribution is 0.0671. The molecule has 4 aromatic rings. The van der Waals surface area contributed by atoms with Crippen LogP contribution in [-0.2, 0) is 16.4 Å². The van der Waals surface area contributed by atoms with Gasteiger partial charge in [-0.3, -0.25) is 4.79 Å². The minimum absolute atomic E-state index is 0.0539. The van der Waals surface area contributed by atoms with E-state index in [-0.39, 0.29) is 17.9 Å². The van der Waals surface area contributed by atoms with E-state index in [9.17, 15) is 13.2 Å². The quantitative estimate of drug-likeness (QED) is 0.319. The number of fused-ring (bicyclic) bond motifs is 2. The summed E-state index contributed by atoms with van der Waals surface area (Å²) >= 11 is 0. The number of rotatable bonds is 6. The minimum Gasteiger partial charge on any atom is -0.370 e. The van der Waals surface area contributed by atoms with Crippen LogP contribution in [0.15, 0.2) is 54.6 Å². The van der Waals surface area contributed by atoms with Gasteiger partial charge in [0.05, 0.1) is 17.0 Å². The van der Waals surface area contributed by atoms with Gasteiger partial charge in [0.1, 0.15) is 11.5 Å². The number of halogens is 1. The van der Waals surface area contributed by atoms with Gasteiger partial charge in [0.25, 0.3) is 5.91 Å². The molecular formula is C32H35FN6O3S. The number of nitrogens with zero attached hydrogens (tertiary/aromatic N) is 6. The molecule has 9 nitrogen and oxygen atoms in total. The maximum Gasteiger partial charge on any atom is 0.273 e. The van der Waals surface area contributed by atoms with E-state index >= 15 is 4.39 Å². The lowest BCUT2D eigenvalue weighted by atomic mass is 9.93. The predicted octanol–water partition coefficient (Wildman–Crippen LogP) is 4.64. The zero-order valence-corrected chi connectivity index (χ0v) is 25.4. The summed E-state index contributed by atoms with van der Waals surface area (Å²) in [6, 6.07) is 16.8. The number of anilines is 1. The maximum absolute atomic E-state index is 15.6. The molecule has 11 heteroatoms. The van der Waals surface area contributed by atoms with Crippen molar-refractivity contribution in [1.82, 2.24) is 23.8 Å². The highest BCUT2D eigenvalue weighted by atomic mass is 32.2. The highest BCUT2D eigenvalue weighted by Gasteiger charge is 2.35. The van der Waals surface area contributed by atoms with Crippen LogP contribution < -0.4 is 4.90 Å². The Labute approximate surface area is 251 Å². The fourth-order valence-corrected chi connectivity index (χ4v) is 7.89. The number of amides is 1. The largest absolute Gasteiger partial charge is 0.370 e. The maximum atomic E-state index is 15.6. The molecule has 7 rings (SSSR count). The van der Waals surface area contributed by atoms with E-state index < -0.39 is 21.1 Å².